The molecule has 1 saturated heterocycles. The van der Waals surface area contributed by atoms with Gasteiger partial charge in [0.1, 0.15) is 5.84 Å². The molecule has 8 heteroatoms. The molecular formula is C20H29N7O. The highest BCUT2D eigenvalue weighted by atomic mass is 16.1. The lowest BCUT2D eigenvalue weighted by molar-refractivity contribution is 0.0926. The number of nitrogens with two attached hydrogens (primary N) is 1. The lowest BCUT2D eigenvalue weighted by Gasteiger charge is -2.31. The van der Waals surface area contributed by atoms with E-state index in [4.69, 9.17) is 11.3 Å². The Morgan fingerprint density at radius 1 is 1.29 bits per heavy atom. The van der Waals surface area contributed by atoms with Gasteiger partial charge in [0.2, 0.25) is 0 Å². The van der Waals surface area contributed by atoms with Crippen molar-refractivity contribution in [2.45, 2.75) is 44.6 Å². The Labute approximate surface area is 165 Å². The molecule has 0 unspecified atom stereocenters. The zero-order valence-electron chi connectivity index (χ0n) is 16.4. The van der Waals surface area contributed by atoms with Gasteiger partial charge in [-0.1, -0.05) is 0 Å². The molecule has 8 nitrogen and oxygen atoms in total. The topological polar surface area (TPSA) is 103 Å². The third-order valence-corrected chi connectivity index (χ3v) is 6.05. The lowest BCUT2D eigenvalue weighted by atomic mass is 9.85. The number of nitrogens with zero attached hydrogens (tertiary/aromatic N) is 4. The van der Waals surface area contributed by atoms with Gasteiger partial charge < -0.3 is 15.2 Å². The van der Waals surface area contributed by atoms with E-state index in [9.17, 15) is 4.79 Å². The van der Waals surface area contributed by atoms with Crippen molar-refractivity contribution >= 4 is 22.9 Å². The van der Waals surface area contributed by atoms with Crippen molar-refractivity contribution in [2.75, 3.05) is 25.0 Å². The number of hydrogen-bond acceptors (Lipinski definition) is 5. The lowest BCUT2D eigenvalue weighted by Crippen LogP contribution is -2.42. The first-order chi connectivity index (χ1) is 13.5. The van der Waals surface area contributed by atoms with E-state index in [1.165, 1.54) is 17.9 Å². The Kier molecular flexibility index (Phi) is 5.21. The summed E-state index contributed by atoms with van der Waals surface area (Å²) in [5, 5.41) is 16.9. The molecule has 1 aliphatic carbocycles. The maximum Gasteiger partial charge on any atom is 0.255 e. The molecule has 2 aromatic rings. The molecule has 1 aliphatic heterocycles. The van der Waals surface area contributed by atoms with Crippen molar-refractivity contribution in [1.29, 1.82) is 5.41 Å². The fourth-order valence-corrected chi connectivity index (χ4v) is 4.38. The molecule has 1 amide bonds. The SMILES string of the molecule is CN(N)C(=N)C1CCC(NC(=O)c2cnn3ccc(N4CCCC4)cc23)CC1. The Morgan fingerprint density at radius 3 is 2.68 bits per heavy atom. The molecule has 0 bridgehead atoms. The minimum atomic E-state index is -0.0666. The molecule has 0 aromatic carbocycles. The molecule has 2 fully saturated rings. The summed E-state index contributed by atoms with van der Waals surface area (Å²) in [5.74, 6) is 6.27. The van der Waals surface area contributed by atoms with Crippen LogP contribution in [0.1, 0.15) is 48.9 Å². The van der Waals surface area contributed by atoms with E-state index in [0.29, 0.717) is 11.4 Å². The molecule has 28 heavy (non-hydrogen) atoms. The highest BCUT2D eigenvalue weighted by Gasteiger charge is 2.27. The molecule has 0 radical (unpaired) electrons. The Morgan fingerprint density at radius 2 is 2.00 bits per heavy atom. The number of amidine groups is 1. The van der Waals surface area contributed by atoms with Crippen LogP contribution in [0.3, 0.4) is 0 Å². The van der Waals surface area contributed by atoms with Gasteiger partial charge in [0.15, 0.2) is 0 Å². The number of pyridine rings is 1. The normalized spacial score (nSPS) is 22.4. The van der Waals surface area contributed by atoms with Crippen LogP contribution < -0.4 is 16.1 Å². The summed E-state index contributed by atoms with van der Waals surface area (Å²) in [6, 6.07) is 4.27. The molecule has 0 spiro atoms. The number of anilines is 1. The van der Waals surface area contributed by atoms with Gasteiger partial charge in [-0.3, -0.25) is 10.2 Å². The molecule has 2 aromatic heterocycles. The van der Waals surface area contributed by atoms with Gasteiger partial charge in [-0.25, -0.2) is 10.4 Å². The molecule has 4 N–H and O–H groups in total. The van der Waals surface area contributed by atoms with Gasteiger partial charge in [-0.2, -0.15) is 5.10 Å². The zero-order valence-corrected chi connectivity index (χ0v) is 16.4. The van der Waals surface area contributed by atoms with Crippen LogP contribution in [-0.4, -0.2) is 52.5 Å². The van der Waals surface area contributed by atoms with Crippen molar-refractivity contribution in [3.63, 3.8) is 0 Å². The summed E-state index contributed by atoms with van der Waals surface area (Å²) < 4.78 is 1.77. The van der Waals surface area contributed by atoms with Crippen LogP contribution in [0.15, 0.2) is 24.5 Å². The monoisotopic (exact) mass is 383 g/mol. The average molecular weight is 384 g/mol. The smallest absolute Gasteiger partial charge is 0.255 e. The van der Waals surface area contributed by atoms with E-state index < -0.39 is 0 Å². The predicted octanol–water partition coefficient (Wildman–Crippen LogP) is 2.01. The van der Waals surface area contributed by atoms with E-state index in [-0.39, 0.29) is 17.9 Å². The number of hydrazine groups is 1. The number of aromatic nitrogens is 2. The van der Waals surface area contributed by atoms with Crippen molar-refractivity contribution in [3.8, 4) is 0 Å². The molecule has 3 heterocycles. The van der Waals surface area contributed by atoms with Crippen molar-refractivity contribution in [1.82, 2.24) is 19.9 Å². The maximum atomic E-state index is 12.9. The molecule has 1 saturated carbocycles. The van der Waals surface area contributed by atoms with Gasteiger partial charge in [-0.15, -0.1) is 0 Å². The Bertz CT molecular complexity index is 861. The van der Waals surface area contributed by atoms with Crippen LogP contribution in [0.25, 0.3) is 5.52 Å². The maximum absolute atomic E-state index is 12.9. The number of carbonyl (C=O) groups excluding carboxylic acids is 1. The summed E-state index contributed by atoms with van der Waals surface area (Å²) >= 11 is 0. The first kappa shape index (κ1) is 18.7. The van der Waals surface area contributed by atoms with Crippen LogP contribution in [-0.2, 0) is 0 Å². The van der Waals surface area contributed by atoms with Crippen LogP contribution in [0.4, 0.5) is 5.69 Å². The number of hydrogen-bond donors (Lipinski definition) is 3. The fourth-order valence-electron chi connectivity index (χ4n) is 4.38. The van der Waals surface area contributed by atoms with Crippen LogP contribution in [0.5, 0.6) is 0 Å². The second kappa shape index (κ2) is 7.79. The standard InChI is InChI=1S/C20H29N7O/c1-25(22)19(21)14-4-6-15(7-5-14)24-20(28)17-13-23-27-11-8-16(12-18(17)27)26-9-2-3-10-26/h8,11-15,21H,2-7,9-10,22H2,1H3,(H,24,28). The second-order valence-corrected chi connectivity index (χ2v) is 7.99. The first-order valence-corrected chi connectivity index (χ1v) is 10.1. The minimum Gasteiger partial charge on any atom is -0.371 e. The van der Waals surface area contributed by atoms with Crippen molar-refractivity contribution in [2.24, 2.45) is 11.8 Å². The summed E-state index contributed by atoms with van der Waals surface area (Å²) in [6.45, 7) is 2.14. The Balaban J connectivity index is 1.43. The first-order valence-electron chi connectivity index (χ1n) is 10.1. The highest BCUT2D eigenvalue weighted by molar-refractivity contribution is 6.01. The van der Waals surface area contributed by atoms with Crippen molar-refractivity contribution < 1.29 is 4.79 Å². The number of rotatable bonds is 4. The van der Waals surface area contributed by atoms with E-state index in [1.807, 2.05) is 6.20 Å². The summed E-state index contributed by atoms with van der Waals surface area (Å²) in [4.78, 5) is 15.3. The van der Waals surface area contributed by atoms with Gasteiger partial charge in [0, 0.05) is 44.0 Å². The fraction of sp³-hybridized carbons (Fsp3) is 0.550. The van der Waals surface area contributed by atoms with Gasteiger partial charge >= 0.3 is 0 Å². The second-order valence-electron chi connectivity index (χ2n) is 7.99. The highest BCUT2D eigenvalue weighted by Crippen LogP contribution is 2.27. The molecule has 150 valence electrons. The minimum absolute atomic E-state index is 0.0666. The number of carbonyl (C=O) groups is 1. The number of nitrogens with one attached hydrogen (secondary N) is 2. The molecule has 2 aliphatic rings. The van der Waals surface area contributed by atoms with Crippen molar-refractivity contribution in [3.05, 3.63) is 30.1 Å². The number of fused-ring (bicyclic) bond motifs is 1. The summed E-state index contributed by atoms with van der Waals surface area (Å²) in [6.07, 6.45) is 9.51. The van der Waals surface area contributed by atoms with Gasteiger partial charge in [0.25, 0.3) is 5.91 Å². The van der Waals surface area contributed by atoms with Crippen LogP contribution in [0, 0.1) is 11.3 Å². The predicted molar refractivity (Wildman–Crippen MR) is 110 cm³/mol. The van der Waals surface area contributed by atoms with Crippen LogP contribution in [0.2, 0.25) is 0 Å². The summed E-state index contributed by atoms with van der Waals surface area (Å²) in [7, 11) is 1.71. The number of amides is 1. The molecule has 4 rings (SSSR count). The van der Waals surface area contributed by atoms with E-state index in [2.05, 4.69) is 27.4 Å². The van der Waals surface area contributed by atoms with E-state index in [1.54, 1.807) is 17.8 Å². The van der Waals surface area contributed by atoms with Gasteiger partial charge in [0.05, 0.1) is 17.3 Å². The third kappa shape index (κ3) is 3.69. The Hall–Kier alpha value is -2.61. The van der Waals surface area contributed by atoms with Crippen LogP contribution >= 0.6 is 0 Å². The average Bonchev–Trinajstić information content (AvgIpc) is 3.37. The molecular weight excluding hydrogens is 354 g/mol. The third-order valence-electron chi connectivity index (χ3n) is 6.05. The summed E-state index contributed by atoms with van der Waals surface area (Å²) in [5.41, 5.74) is 2.63. The van der Waals surface area contributed by atoms with E-state index in [0.717, 1.165) is 50.0 Å². The van der Waals surface area contributed by atoms with E-state index >= 15 is 0 Å². The van der Waals surface area contributed by atoms with Gasteiger partial charge in [-0.05, 0) is 50.7 Å². The molecule has 0 atom stereocenters. The zero-order chi connectivity index (χ0) is 19.7. The largest absolute Gasteiger partial charge is 0.371 e. The quantitative estimate of drug-likeness (QED) is 0.324.